The molecule has 2 N–H and O–H groups in total. The second-order valence-electron chi connectivity index (χ2n) is 3.89. The Labute approximate surface area is 106 Å². The molecule has 0 spiro atoms. The molecule has 0 unspecified atom stereocenters. The van der Waals surface area contributed by atoms with Crippen LogP contribution in [-0.2, 0) is 19.5 Å². The van der Waals surface area contributed by atoms with Crippen LogP contribution in [0.2, 0.25) is 19.6 Å². The minimum atomic E-state index is -1.61. The molecule has 0 aliphatic heterocycles. The van der Waals surface area contributed by atoms with Crippen LogP contribution in [0.15, 0.2) is 12.1 Å². The van der Waals surface area contributed by atoms with Crippen LogP contribution >= 0.6 is 0 Å². The van der Waals surface area contributed by atoms with Crippen LogP contribution in [0.5, 0.6) is 5.75 Å². The van der Waals surface area contributed by atoms with E-state index < -0.39 is 31.5 Å². The minimum Gasteiger partial charge on any atom is -0.503 e. The van der Waals surface area contributed by atoms with Gasteiger partial charge in [-0.2, -0.15) is 0 Å². The van der Waals surface area contributed by atoms with Crippen molar-refractivity contribution >= 4 is 8.32 Å². The Kier molecular flexibility index (Phi) is 7.91. The maximum Gasteiger partial charge on any atom is 0.187 e. The van der Waals surface area contributed by atoms with Crippen LogP contribution in [0.4, 0.5) is 13.2 Å². The van der Waals surface area contributed by atoms with E-state index in [0.29, 0.717) is 12.1 Å². The summed E-state index contributed by atoms with van der Waals surface area (Å²) in [5, 5.41) is 8.41. The van der Waals surface area contributed by atoms with Gasteiger partial charge in [0.1, 0.15) is 5.82 Å². The molecular weight excluding hydrogens is 291 g/mol. The molecule has 0 atom stereocenters. The third-order valence-corrected chi connectivity index (χ3v) is 0.982. The Morgan fingerprint density at radius 3 is 1.50 bits per heavy atom. The monoisotopic (exact) mass is 302 g/mol. The average molecular weight is 304 g/mol. The van der Waals surface area contributed by atoms with Gasteiger partial charge < -0.3 is 9.90 Å². The van der Waals surface area contributed by atoms with Crippen LogP contribution in [0, 0.1) is 17.5 Å². The van der Waals surface area contributed by atoms with Crippen LogP contribution < -0.4 is 0 Å². The molecule has 88 valence electrons. The predicted octanol–water partition coefficient (Wildman–Crippen LogP) is 2.62. The van der Waals surface area contributed by atoms with E-state index >= 15 is 0 Å². The van der Waals surface area contributed by atoms with E-state index in [1.807, 2.05) is 19.6 Å². The summed E-state index contributed by atoms with van der Waals surface area (Å²) in [6.45, 7) is 5.65. The van der Waals surface area contributed by atoms with Crippen molar-refractivity contribution in [2.45, 2.75) is 19.6 Å². The number of rotatable bonds is 0. The Bertz CT molecular complexity index is 313. The maximum atomic E-state index is 12.1. The molecule has 0 heterocycles. The number of halogens is 3. The average Bonchev–Trinajstić information content (AvgIpc) is 1.96. The van der Waals surface area contributed by atoms with Crippen molar-refractivity contribution in [1.82, 2.24) is 0 Å². The molecule has 7 heteroatoms. The number of aromatic hydroxyl groups is 1. The second kappa shape index (κ2) is 7.04. The molecule has 0 aromatic heterocycles. The Hall–Kier alpha value is -0.390. The number of hydrogen-bond donors (Lipinski definition) is 2. The van der Waals surface area contributed by atoms with Gasteiger partial charge in [0, 0.05) is 31.6 Å². The van der Waals surface area contributed by atoms with Crippen molar-refractivity contribution in [3.8, 4) is 5.75 Å². The van der Waals surface area contributed by atoms with Gasteiger partial charge in [0.15, 0.2) is 25.7 Å². The zero-order valence-corrected chi connectivity index (χ0v) is 13.4. The molecule has 0 bridgehead atoms. The summed E-state index contributed by atoms with van der Waals surface area (Å²) in [4.78, 5) is 8.66. The van der Waals surface area contributed by atoms with E-state index in [-0.39, 0.29) is 19.5 Å². The van der Waals surface area contributed by atoms with Gasteiger partial charge in [-0.3, -0.25) is 0 Å². The fourth-order valence-corrected chi connectivity index (χ4v) is 0.535. The summed E-state index contributed by atoms with van der Waals surface area (Å²) < 4.78 is 36.2. The van der Waals surface area contributed by atoms with Gasteiger partial charge in [0.2, 0.25) is 0 Å². The topological polar surface area (TPSA) is 40.5 Å². The first-order valence-corrected chi connectivity index (χ1v) is 7.62. The predicted molar refractivity (Wildman–Crippen MR) is 53.5 cm³/mol. The zero-order chi connectivity index (χ0) is 12.2. The zero-order valence-electron chi connectivity index (χ0n) is 9.39. The van der Waals surface area contributed by atoms with Crippen LogP contribution in [0.1, 0.15) is 0 Å². The Morgan fingerprint density at radius 1 is 1.00 bits per heavy atom. The fourth-order valence-electron chi connectivity index (χ4n) is 0.535. The van der Waals surface area contributed by atoms with Crippen LogP contribution in [0.25, 0.3) is 0 Å². The molecule has 2 nitrogen and oxygen atoms in total. The fraction of sp³-hybridized carbons (Fsp3) is 0.333. The first kappa shape index (κ1) is 18.0. The van der Waals surface area contributed by atoms with E-state index in [4.69, 9.17) is 9.90 Å². The molecule has 0 aliphatic carbocycles. The van der Waals surface area contributed by atoms with Crippen molar-refractivity contribution in [3.05, 3.63) is 29.6 Å². The van der Waals surface area contributed by atoms with Gasteiger partial charge in [-0.05, 0) is 19.6 Å². The maximum absolute atomic E-state index is 12.1. The Balaban J connectivity index is 0. The molecule has 1 aromatic rings. The van der Waals surface area contributed by atoms with Gasteiger partial charge in [-0.15, -0.1) is 0 Å². The smallest absolute Gasteiger partial charge is 0.187 e. The summed E-state index contributed by atoms with van der Waals surface area (Å²) in [7, 11) is -1.61. The number of phenols is 1. The molecule has 0 saturated heterocycles. The first-order valence-electron chi connectivity index (χ1n) is 4.17. The van der Waals surface area contributed by atoms with E-state index in [1.165, 1.54) is 0 Å². The summed E-state index contributed by atoms with van der Waals surface area (Å²) in [5.74, 6) is -4.79. The third kappa shape index (κ3) is 8.88. The van der Waals surface area contributed by atoms with E-state index in [0.717, 1.165) is 0 Å². The molecule has 0 fully saturated rings. The molecule has 0 amide bonds. The van der Waals surface area contributed by atoms with E-state index in [1.54, 1.807) is 0 Å². The largest absolute Gasteiger partial charge is 0.503 e. The van der Waals surface area contributed by atoms with Gasteiger partial charge in [-0.25, -0.2) is 13.2 Å². The molecule has 0 saturated carbocycles. The summed E-state index contributed by atoms with van der Waals surface area (Å²) in [6.07, 6.45) is 0. The van der Waals surface area contributed by atoms with E-state index in [2.05, 4.69) is 0 Å². The number of hydrogen-bond acceptors (Lipinski definition) is 2. The SMILES string of the molecule is C[Si](C)(C)O.Oc1c(F)cc(F)cc1F.[Zn]. The molecule has 1 aromatic carbocycles. The third-order valence-electron chi connectivity index (χ3n) is 0.982. The second-order valence-corrected chi connectivity index (χ2v) is 8.23. The number of phenolic OH excluding ortho intramolecular Hbond substituents is 1. The molecule has 0 aliphatic rings. The molecule has 16 heavy (non-hydrogen) atoms. The minimum absolute atomic E-state index is 0. The quantitative estimate of drug-likeness (QED) is 0.723. The molecule has 1 rings (SSSR count). The van der Waals surface area contributed by atoms with Crippen molar-refractivity contribution in [2.75, 3.05) is 0 Å². The van der Waals surface area contributed by atoms with Crippen LogP contribution in [0.3, 0.4) is 0 Å². The van der Waals surface area contributed by atoms with E-state index in [9.17, 15) is 13.2 Å². The molecular formula is C9H13F3O2SiZn. The van der Waals surface area contributed by atoms with Gasteiger partial charge in [0.25, 0.3) is 0 Å². The van der Waals surface area contributed by atoms with Crippen molar-refractivity contribution < 1.29 is 42.6 Å². The normalized spacial score (nSPS) is 9.94. The van der Waals surface area contributed by atoms with Crippen molar-refractivity contribution in [2.24, 2.45) is 0 Å². The summed E-state index contributed by atoms with van der Waals surface area (Å²) in [5.41, 5.74) is 0. The van der Waals surface area contributed by atoms with Gasteiger partial charge >= 0.3 is 0 Å². The van der Waals surface area contributed by atoms with Crippen molar-refractivity contribution in [3.63, 3.8) is 0 Å². The summed E-state index contributed by atoms with van der Waals surface area (Å²) >= 11 is 0. The molecule has 0 radical (unpaired) electrons. The van der Waals surface area contributed by atoms with Gasteiger partial charge in [0.05, 0.1) is 0 Å². The summed E-state index contributed by atoms with van der Waals surface area (Å²) in [6, 6.07) is 0.802. The number of benzene rings is 1. The van der Waals surface area contributed by atoms with Gasteiger partial charge in [-0.1, -0.05) is 0 Å². The first-order chi connectivity index (χ1) is 6.61. The Morgan fingerprint density at radius 2 is 1.25 bits per heavy atom. The van der Waals surface area contributed by atoms with Crippen LogP contribution in [-0.4, -0.2) is 18.2 Å². The standard InChI is InChI=1S/C6H3F3O.C3H10OSi.Zn/c7-3-1-4(8)6(10)5(9)2-3;1-5(2,3)4;/h1-2,10H;4H,1-3H3;. The van der Waals surface area contributed by atoms with Crippen molar-refractivity contribution in [1.29, 1.82) is 0 Å².